The summed E-state index contributed by atoms with van der Waals surface area (Å²) >= 11 is 0. The molecule has 3 amide bonds. The molecule has 1 aromatic rings. The van der Waals surface area contributed by atoms with E-state index in [1.54, 1.807) is 0 Å². The van der Waals surface area contributed by atoms with Gasteiger partial charge in [0.05, 0.1) is 23.2 Å². The Labute approximate surface area is 140 Å². The van der Waals surface area contributed by atoms with Crippen LogP contribution in [0.2, 0.25) is 0 Å². The van der Waals surface area contributed by atoms with Crippen molar-refractivity contribution in [3.8, 4) is 6.07 Å². The number of rotatable bonds is 1. The van der Waals surface area contributed by atoms with E-state index >= 15 is 0 Å². The third-order valence-electron chi connectivity index (χ3n) is 4.36. The van der Waals surface area contributed by atoms with Gasteiger partial charge in [0.1, 0.15) is 0 Å². The second kappa shape index (κ2) is 5.84. The highest BCUT2D eigenvalue weighted by atomic mass is 19.4. The van der Waals surface area contributed by atoms with Crippen LogP contribution in [0.4, 0.5) is 28.4 Å². The van der Waals surface area contributed by atoms with Gasteiger partial charge in [-0.3, -0.25) is 4.90 Å². The van der Waals surface area contributed by atoms with Crippen molar-refractivity contribution in [3.05, 3.63) is 29.3 Å². The van der Waals surface area contributed by atoms with Crippen LogP contribution < -0.4 is 4.90 Å². The number of carbonyl (C=O) groups is 2. The highest BCUT2D eigenvalue weighted by Crippen LogP contribution is 2.36. The standard InChI is InChI=1S/C15H13F3N4O3/c16-15(17,18)12-5-10(2-1-9(12)6-19)22-8-11-7-20(14(24)25)3-4-21(11)13(22)23/h1-2,5,11H,3-4,7-8H2,(H,24,25). The van der Waals surface area contributed by atoms with Gasteiger partial charge in [-0.15, -0.1) is 0 Å². The molecule has 2 aliphatic heterocycles. The van der Waals surface area contributed by atoms with Crippen LogP contribution in [-0.4, -0.2) is 59.3 Å². The molecule has 0 aliphatic carbocycles. The van der Waals surface area contributed by atoms with Gasteiger partial charge in [0.25, 0.3) is 0 Å². The molecule has 2 fully saturated rings. The zero-order valence-electron chi connectivity index (χ0n) is 12.8. The van der Waals surface area contributed by atoms with Crippen LogP contribution in [0.5, 0.6) is 0 Å². The maximum Gasteiger partial charge on any atom is 0.417 e. The Balaban J connectivity index is 1.90. The van der Waals surface area contributed by atoms with Crippen molar-refractivity contribution in [1.29, 1.82) is 5.26 Å². The van der Waals surface area contributed by atoms with Gasteiger partial charge in [0.2, 0.25) is 0 Å². The minimum absolute atomic E-state index is 0.0348. The topological polar surface area (TPSA) is 87.9 Å². The van der Waals surface area contributed by atoms with Crippen molar-refractivity contribution in [2.24, 2.45) is 0 Å². The first kappa shape index (κ1) is 16.9. The summed E-state index contributed by atoms with van der Waals surface area (Å²) in [6.07, 6.45) is -5.81. The van der Waals surface area contributed by atoms with E-state index in [0.717, 1.165) is 12.1 Å². The number of urea groups is 1. The predicted molar refractivity (Wildman–Crippen MR) is 79.0 cm³/mol. The summed E-state index contributed by atoms with van der Waals surface area (Å²) in [6.45, 7) is 0.549. The third-order valence-corrected chi connectivity index (χ3v) is 4.36. The Morgan fingerprint density at radius 3 is 2.60 bits per heavy atom. The van der Waals surface area contributed by atoms with Gasteiger partial charge in [-0.25, -0.2) is 9.59 Å². The number of piperazine rings is 1. The number of halogens is 3. The van der Waals surface area contributed by atoms with Crippen molar-refractivity contribution >= 4 is 17.8 Å². The number of hydrogen-bond acceptors (Lipinski definition) is 3. The van der Waals surface area contributed by atoms with Gasteiger partial charge in [-0.2, -0.15) is 18.4 Å². The molecule has 25 heavy (non-hydrogen) atoms. The zero-order valence-corrected chi connectivity index (χ0v) is 12.8. The Morgan fingerprint density at radius 2 is 2.00 bits per heavy atom. The lowest BCUT2D eigenvalue weighted by molar-refractivity contribution is -0.137. The van der Waals surface area contributed by atoms with Crippen molar-refractivity contribution in [2.75, 3.05) is 31.1 Å². The highest BCUT2D eigenvalue weighted by Gasteiger charge is 2.43. The molecule has 1 aromatic carbocycles. The number of fused-ring (bicyclic) bond motifs is 1. The molecule has 1 atom stereocenters. The van der Waals surface area contributed by atoms with E-state index in [0.29, 0.717) is 0 Å². The molecule has 0 bridgehead atoms. The number of nitriles is 1. The molecular formula is C15H13F3N4O3. The molecule has 2 aliphatic rings. The van der Waals surface area contributed by atoms with Crippen LogP contribution >= 0.6 is 0 Å². The average Bonchev–Trinajstić information content (AvgIpc) is 2.89. The van der Waals surface area contributed by atoms with Crippen LogP contribution in [-0.2, 0) is 6.18 Å². The molecule has 1 N–H and O–H groups in total. The van der Waals surface area contributed by atoms with Crippen LogP contribution in [0.15, 0.2) is 18.2 Å². The molecule has 3 rings (SSSR count). The SMILES string of the molecule is N#Cc1ccc(N2CC3CN(C(=O)O)CCN3C2=O)cc1C(F)(F)F. The fraction of sp³-hybridized carbons (Fsp3) is 0.400. The number of carbonyl (C=O) groups excluding carboxylic acids is 1. The van der Waals surface area contributed by atoms with E-state index in [4.69, 9.17) is 10.4 Å². The molecule has 132 valence electrons. The molecular weight excluding hydrogens is 341 g/mol. The normalized spacial score (nSPS) is 20.5. The van der Waals surface area contributed by atoms with Crippen molar-refractivity contribution in [3.63, 3.8) is 0 Å². The quantitative estimate of drug-likeness (QED) is 0.837. The highest BCUT2D eigenvalue weighted by molar-refractivity contribution is 5.95. The van der Waals surface area contributed by atoms with Crippen LogP contribution in [0.3, 0.4) is 0 Å². The van der Waals surface area contributed by atoms with Gasteiger partial charge in [0.15, 0.2) is 0 Å². The summed E-state index contributed by atoms with van der Waals surface area (Å²) in [4.78, 5) is 27.4. The average molecular weight is 354 g/mol. The lowest BCUT2D eigenvalue weighted by atomic mass is 10.1. The fourth-order valence-electron chi connectivity index (χ4n) is 3.13. The summed E-state index contributed by atoms with van der Waals surface area (Å²) in [5.74, 6) is 0. The van der Waals surface area contributed by atoms with Gasteiger partial charge in [-0.05, 0) is 18.2 Å². The van der Waals surface area contributed by atoms with Gasteiger partial charge in [-0.1, -0.05) is 0 Å². The van der Waals surface area contributed by atoms with Crippen LogP contribution in [0.25, 0.3) is 0 Å². The lowest BCUT2D eigenvalue weighted by Crippen LogP contribution is -2.53. The second-order valence-electron chi connectivity index (χ2n) is 5.81. The Bertz CT molecular complexity index is 774. The molecule has 7 nitrogen and oxygen atoms in total. The number of hydrogen-bond donors (Lipinski definition) is 1. The van der Waals surface area contributed by atoms with Crippen molar-refractivity contribution in [2.45, 2.75) is 12.2 Å². The van der Waals surface area contributed by atoms with E-state index in [1.165, 1.54) is 26.8 Å². The fourth-order valence-corrected chi connectivity index (χ4v) is 3.13. The van der Waals surface area contributed by atoms with E-state index in [-0.39, 0.29) is 31.9 Å². The number of amides is 3. The van der Waals surface area contributed by atoms with E-state index < -0.39 is 35.5 Å². The maximum atomic E-state index is 13.1. The van der Waals surface area contributed by atoms with Crippen LogP contribution in [0.1, 0.15) is 11.1 Å². The monoisotopic (exact) mass is 354 g/mol. The second-order valence-corrected chi connectivity index (χ2v) is 5.81. The molecule has 0 aromatic heterocycles. The number of alkyl halides is 3. The summed E-state index contributed by atoms with van der Waals surface area (Å²) in [5.41, 5.74) is -1.58. The van der Waals surface area contributed by atoms with Gasteiger partial charge >= 0.3 is 18.3 Å². The summed E-state index contributed by atoms with van der Waals surface area (Å²) in [7, 11) is 0. The number of benzene rings is 1. The molecule has 10 heteroatoms. The Morgan fingerprint density at radius 1 is 1.28 bits per heavy atom. The predicted octanol–water partition coefficient (Wildman–Crippen LogP) is 2.18. The smallest absolute Gasteiger partial charge is 0.417 e. The number of nitrogens with zero attached hydrogens (tertiary/aromatic N) is 4. The first-order valence-electron chi connectivity index (χ1n) is 7.39. The zero-order chi connectivity index (χ0) is 18.4. The molecule has 0 spiro atoms. The van der Waals surface area contributed by atoms with Gasteiger partial charge in [0, 0.05) is 31.9 Å². The number of anilines is 1. The number of carboxylic acid groups (broad SMARTS) is 1. The van der Waals surface area contributed by atoms with Gasteiger partial charge < -0.3 is 14.9 Å². The lowest BCUT2D eigenvalue weighted by Gasteiger charge is -2.34. The van der Waals surface area contributed by atoms with E-state index in [2.05, 4.69) is 0 Å². The van der Waals surface area contributed by atoms with Crippen molar-refractivity contribution in [1.82, 2.24) is 9.80 Å². The Kier molecular flexibility index (Phi) is 3.94. The van der Waals surface area contributed by atoms with Crippen molar-refractivity contribution < 1.29 is 27.9 Å². The summed E-state index contributed by atoms with van der Waals surface area (Å²) in [5, 5.41) is 17.9. The molecule has 2 saturated heterocycles. The molecule has 2 heterocycles. The minimum Gasteiger partial charge on any atom is -0.465 e. The first-order valence-corrected chi connectivity index (χ1v) is 7.39. The Hall–Kier alpha value is -2.96. The van der Waals surface area contributed by atoms with Crippen LogP contribution in [0, 0.1) is 11.3 Å². The molecule has 0 radical (unpaired) electrons. The van der Waals surface area contributed by atoms with E-state index in [9.17, 15) is 22.8 Å². The minimum atomic E-state index is -4.71. The maximum absolute atomic E-state index is 13.1. The largest absolute Gasteiger partial charge is 0.465 e. The molecule has 1 unspecified atom stereocenters. The summed E-state index contributed by atoms with van der Waals surface area (Å²) < 4.78 is 39.3. The molecule has 0 saturated carbocycles. The van der Waals surface area contributed by atoms with E-state index in [1.807, 2.05) is 0 Å². The first-order chi connectivity index (χ1) is 11.7. The summed E-state index contributed by atoms with van der Waals surface area (Å²) in [6, 6.07) is 3.72. The third kappa shape index (κ3) is 2.93.